The van der Waals surface area contributed by atoms with E-state index in [0.29, 0.717) is 24.5 Å². The number of imide groups is 1. The van der Waals surface area contributed by atoms with Gasteiger partial charge < -0.3 is 9.47 Å². The minimum atomic E-state index is -0.162. The van der Waals surface area contributed by atoms with Crippen molar-refractivity contribution >= 4 is 22.9 Å². The first kappa shape index (κ1) is 13.7. The summed E-state index contributed by atoms with van der Waals surface area (Å²) in [7, 11) is 3.15. The Labute approximate surface area is 115 Å². The standard InChI is InChI=1S/C13H15NO4S/c1-17-10-4-3-9(7-11(10)18-2)5-6-14-12(15)8-19-13(14)16/h3-4,7H,5-6,8H2,1-2H3. The second-order valence-corrected chi connectivity index (χ2v) is 4.97. The number of amides is 2. The van der Waals surface area contributed by atoms with Crippen LogP contribution in [0.25, 0.3) is 0 Å². The number of carbonyl (C=O) groups is 2. The Bertz CT molecular complexity index is 487. The van der Waals surface area contributed by atoms with Gasteiger partial charge in [0.15, 0.2) is 11.5 Å². The van der Waals surface area contributed by atoms with Gasteiger partial charge in [-0.25, -0.2) is 0 Å². The first-order valence-corrected chi connectivity index (χ1v) is 6.82. The van der Waals surface area contributed by atoms with Gasteiger partial charge in [-0.05, 0) is 24.1 Å². The van der Waals surface area contributed by atoms with Gasteiger partial charge in [0.25, 0.3) is 5.24 Å². The molecule has 1 fully saturated rings. The molecule has 1 heterocycles. The van der Waals surface area contributed by atoms with E-state index in [1.54, 1.807) is 14.2 Å². The van der Waals surface area contributed by atoms with Crippen molar-refractivity contribution in [1.82, 2.24) is 4.90 Å². The molecule has 0 spiro atoms. The number of hydrogen-bond acceptors (Lipinski definition) is 5. The van der Waals surface area contributed by atoms with Gasteiger partial charge in [0, 0.05) is 6.54 Å². The summed E-state index contributed by atoms with van der Waals surface area (Å²) >= 11 is 1.06. The van der Waals surface area contributed by atoms with Crippen molar-refractivity contribution in [2.45, 2.75) is 6.42 Å². The lowest BCUT2D eigenvalue weighted by molar-refractivity contribution is -0.124. The SMILES string of the molecule is COc1ccc(CCN2C(=O)CSC2=O)cc1OC. The van der Waals surface area contributed by atoms with Crippen LogP contribution in [0, 0.1) is 0 Å². The summed E-state index contributed by atoms with van der Waals surface area (Å²) in [6, 6.07) is 5.58. The fourth-order valence-electron chi connectivity index (χ4n) is 1.87. The van der Waals surface area contributed by atoms with Gasteiger partial charge >= 0.3 is 0 Å². The smallest absolute Gasteiger partial charge is 0.288 e. The van der Waals surface area contributed by atoms with E-state index in [4.69, 9.17) is 9.47 Å². The molecule has 0 unspecified atom stereocenters. The van der Waals surface area contributed by atoms with E-state index >= 15 is 0 Å². The highest BCUT2D eigenvalue weighted by Gasteiger charge is 2.29. The summed E-state index contributed by atoms with van der Waals surface area (Å²) in [5, 5.41) is -0.162. The molecule has 1 aromatic carbocycles. The van der Waals surface area contributed by atoms with Crippen LogP contribution in [0.5, 0.6) is 11.5 Å². The molecule has 2 rings (SSSR count). The largest absolute Gasteiger partial charge is 0.493 e. The van der Waals surface area contributed by atoms with Crippen molar-refractivity contribution in [3.05, 3.63) is 23.8 Å². The molecular weight excluding hydrogens is 266 g/mol. The minimum absolute atomic E-state index is 0.115. The van der Waals surface area contributed by atoms with Crippen LogP contribution >= 0.6 is 11.8 Å². The van der Waals surface area contributed by atoms with Crippen LogP contribution in [0.15, 0.2) is 18.2 Å². The number of rotatable bonds is 5. The summed E-state index contributed by atoms with van der Waals surface area (Å²) in [6.45, 7) is 0.403. The highest BCUT2D eigenvalue weighted by molar-refractivity contribution is 8.14. The molecular formula is C13H15NO4S. The molecule has 2 amide bonds. The molecule has 1 saturated heterocycles. The van der Waals surface area contributed by atoms with Crippen molar-refractivity contribution < 1.29 is 19.1 Å². The first-order valence-electron chi connectivity index (χ1n) is 5.83. The maximum Gasteiger partial charge on any atom is 0.288 e. The van der Waals surface area contributed by atoms with Crippen molar-refractivity contribution in [2.24, 2.45) is 0 Å². The summed E-state index contributed by atoms with van der Waals surface area (Å²) in [5.41, 5.74) is 0.996. The number of carbonyl (C=O) groups excluding carboxylic acids is 2. The molecule has 0 radical (unpaired) electrons. The molecule has 0 aromatic heterocycles. The van der Waals surface area contributed by atoms with Crippen LogP contribution < -0.4 is 9.47 Å². The summed E-state index contributed by atoms with van der Waals surface area (Å²) in [5.74, 6) is 1.45. The molecule has 1 aliphatic heterocycles. The number of hydrogen-bond donors (Lipinski definition) is 0. The summed E-state index contributed by atoms with van der Waals surface area (Å²) < 4.78 is 10.4. The second-order valence-electron chi connectivity index (χ2n) is 4.04. The molecule has 0 saturated carbocycles. The maximum atomic E-state index is 11.5. The molecule has 0 bridgehead atoms. The van der Waals surface area contributed by atoms with E-state index in [9.17, 15) is 9.59 Å². The van der Waals surface area contributed by atoms with Gasteiger partial charge in [-0.1, -0.05) is 17.8 Å². The first-order chi connectivity index (χ1) is 9.15. The van der Waals surface area contributed by atoms with Crippen molar-refractivity contribution in [3.8, 4) is 11.5 Å². The third-order valence-electron chi connectivity index (χ3n) is 2.91. The molecule has 1 aromatic rings. The van der Waals surface area contributed by atoms with Gasteiger partial charge in [-0.15, -0.1) is 0 Å². The lowest BCUT2D eigenvalue weighted by atomic mass is 10.1. The topological polar surface area (TPSA) is 55.8 Å². The maximum absolute atomic E-state index is 11.5. The van der Waals surface area contributed by atoms with E-state index < -0.39 is 0 Å². The Morgan fingerprint density at radius 1 is 1.21 bits per heavy atom. The van der Waals surface area contributed by atoms with Crippen molar-refractivity contribution in [2.75, 3.05) is 26.5 Å². The quantitative estimate of drug-likeness (QED) is 0.825. The van der Waals surface area contributed by atoms with E-state index in [2.05, 4.69) is 0 Å². The zero-order valence-electron chi connectivity index (χ0n) is 10.8. The van der Waals surface area contributed by atoms with Crippen molar-refractivity contribution in [3.63, 3.8) is 0 Å². The molecule has 0 N–H and O–H groups in total. The Morgan fingerprint density at radius 2 is 1.95 bits per heavy atom. The zero-order valence-corrected chi connectivity index (χ0v) is 11.7. The molecule has 102 valence electrons. The molecule has 0 aliphatic carbocycles. The number of thioether (sulfide) groups is 1. The van der Waals surface area contributed by atoms with E-state index in [1.807, 2.05) is 18.2 Å². The molecule has 1 aliphatic rings. The van der Waals surface area contributed by atoms with Crippen LogP contribution in [0.1, 0.15) is 5.56 Å². The third-order valence-corrected chi connectivity index (χ3v) is 3.77. The van der Waals surface area contributed by atoms with Gasteiger partial charge in [0.2, 0.25) is 5.91 Å². The highest BCUT2D eigenvalue weighted by atomic mass is 32.2. The van der Waals surface area contributed by atoms with Gasteiger partial charge in [0.05, 0.1) is 20.0 Å². The van der Waals surface area contributed by atoms with E-state index in [0.717, 1.165) is 17.3 Å². The average molecular weight is 281 g/mol. The van der Waals surface area contributed by atoms with E-state index in [-0.39, 0.29) is 16.9 Å². The average Bonchev–Trinajstić information content (AvgIpc) is 2.75. The number of methoxy groups -OCH3 is 2. The fraction of sp³-hybridized carbons (Fsp3) is 0.385. The Hall–Kier alpha value is -1.69. The summed E-state index contributed by atoms with van der Waals surface area (Å²) in [4.78, 5) is 24.2. The lowest BCUT2D eigenvalue weighted by Crippen LogP contribution is -2.30. The van der Waals surface area contributed by atoms with Gasteiger partial charge in [0.1, 0.15) is 0 Å². The Morgan fingerprint density at radius 3 is 2.53 bits per heavy atom. The third kappa shape index (κ3) is 3.01. The fourth-order valence-corrected chi connectivity index (χ4v) is 2.63. The van der Waals surface area contributed by atoms with Crippen LogP contribution in [0.2, 0.25) is 0 Å². The number of benzene rings is 1. The summed E-state index contributed by atoms with van der Waals surface area (Å²) in [6.07, 6.45) is 0.610. The molecule has 19 heavy (non-hydrogen) atoms. The zero-order chi connectivity index (χ0) is 13.8. The second kappa shape index (κ2) is 5.97. The Balaban J connectivity index is 2.03. The molecule has 6 heteroatoms. The predicted octanol–water partition coefficient (Wildman–Crippen LogP) is 1.94. The monoisotopic (exact) mass is 281 g/mol. The van der Waals surface area contributed by atoms with Crippen LogP contribution in [0.3, 0.4) is 0 Å². The van der Waals surface area contributed by atoms with E-state index in [1.165, 1.54) is 4.90 Å². The molecule has 0 atom stereocenters. The van der Waals surface area contributed by atoms with Crippen LogP contribution in [-0.4, -0.2) is 42.6 Å². The van der Waals surface area contributed by atoms with Crippen LogP contribution in [-0.2, 0) is 11.2 Å². The van der Waals surface area contributed by atoms with Gasteiger partial charge in [-0.2, -0.15) is 0 Å². The number of nitrogens with zero attached hydrogens (tertiary/aromatic N) is 1. The Kier molecular flexibility index (Phi) is 4.31. The minimum Gasteiger partial charge on any atom is -0.493 e. The van der Waals surface area contributed by atoms with Crippen LogP contribution in [0.4, 0.5) is 4.79 Å². The molecule has 5 nitrogen and oxygen atoms in total. The van der Waals surface area contributed by atoms with Crippen molar-refractivity contribution in [1.29, 1.82) is 0 Å². The normalized spacial score (nSPS) is 14.9. The lowest BCUT2D eigenvalue weighted by Gasteiger charge is -2.13. The number of ether oxygens (including phenoxy) is 2. The predicted molar refractivity (Wildman–Crippen MR) is 72.8 cm³/mol. The van der Waals surface area contributed by atoms with Gasteiger partial charge in [-0.3, -0.25) is 14.5 Å². The highest BCUT2D eigenvalue weighted by Crippen LogP contribution is 2.28.